The van der Waals surface area contributed by atoms with Crippen LogP contribution < -0.4 is 5.56 Å². The number of nitro groups is 1. The van der Waals surface area contributed by atoms with Crippen molar-refractivity contribution in [2.24, 2.45) is 0 Å². The van der Waals surface area contributed by atoms with E-state index in [1.807, 2.05) is 0 Å². The van der Waals surface area contributed by atoms with Gasteiger partial charge in [-0.2, -0.15) is 0 Å². The molecule has 1 aromatic rings. The molecule has 60 valence electrons. The van der Waals surface area contributed by atoms with Crippen LogP contribution in [-0.4, -0.2) is 9.91 Å². The van der Waals surface area contributed by atoms with Crippen molar-refractivity contribution in [3.05, 3.63) is 38.3 Å². The van der Waals surface area contributed by atoms with Crippen molar-refractivity contribution in [1.29, 1.82) is 0 Å². The first-order chi connectivity index (χ1) is 5.65. The van der Waals surface area contributed by atoms with Gasteiger partial charge in [-0.1, -0.05) is 5.92 Å². The van der Waals surface area contributed by atoms with Crippen molar-refractivity contribution in [3.63, 3.8) is 0 Å². The van der Waals surface area contributed by atoms with Crippen LogP contribution in [0.25, 0.3) is 0 Å². The molecule has 5 nitrogen and oxygen atoms in total. The first-order valence-corrected chi connectivity index (χ1v) is 2.99. The summed E-state index contributed by atoms with van der Waals surface area (Å²) in [5.41, 5.74) is -0.727. The van der Waals surface area contributed by atoms with Crippen LogP contribution in [0.1, 0.15) is 5.56 Å². The van der Waals surface area contributed by atoms with Gasteiger partial charge in [0.25, 0.3) is 0 Å². The summed E-state index contributed by atoms with van der Waals surface area (Å²) in [5.74, 6) is 2.06. The monoisotopic (exact) mass is 164 g/mol. The molecule has 0 atom stereocenters. The number of hydrogen-bond donors (Lipinski definition) is 1. The van der Waals surface area contributed by atoms with Gasteiger partial charge >= 0.3 is 5.69 Å². The summed E-state index contributed by atoms with van der Waals surface area (Å²) in [6.07, 6.45) is 5.93. The lowest BCUT2D eigenvalue weighted by Crippen LogP contribution is -2.06. The Morgan fingerprint density at radius 2 is 2.33 bits per heavy atom. The second-order valence-electron chi connectivity index (χ2n) is 2.00. The molecule has 12 heavy (non-hydrogen) atoms. The van der Waals surface area contributed by atoms with Crippen LogP contribution in [0.3, 0.4) is 0 Å². The summed E-state index contributed by atoms with van der Waals surface area (Å²) in [6.45, 7) is 0. The minimum Gasteiger partial charge on any atom is -0.323 e. The standard InChI is InChI=1S/C7H4N2O3/c1-2-5-3-7(10)8-4-6(5)9(11)12/h1,3-4H,(H,8,10). The van der Waals surface area contributed by atoms with Crippen molar-refractivity contribution in [2.75, 3.05) is 0 Å². The quantitative estimate of drug-likeness (QED) is 0.367. The molecule has 0 spiro atoms. The fourth-order valence-corrected chi connectivity index (χ4v) is 0.731. The van der Waals surface area contributed by atoms with E-state index in [1.54, 1.807) is 0 Å². The maximum atomic E-state index is 10.7. The molecule has 0 amide bonds. The number of aromatic amines is 1. The van der Waals surface area contributed by atoms with Gasteiger partial charge < -0.3 is 4.98 Å². The van der Waals surface area contributed by atoms with E-state index in [0.29, 0.717) is 0 Å². The van der Waals surface area contributed by atoms with Gasteiger partial charge in [-0.15, -0.1) is 6.42 Å². The Morgan fingerprint density at radius 3 is 2.83 bits per heavy atom. The Labute approximate surface area is 67.2 Å². The largest absolute Gasteiger partial charge is 0.323 e. The minimum atomic E-state index is -0.648. The summed E-state index contributed by atoms with van der Waals surface area (Å²) >= 11 is 0. The number of nitrogens with zero attached hydrogens (tertiary/aromatic N) is 1. The van der Waals surface area contributed by atoms with E-state index in [4.69, 9.17) is 6.42 Å². The molecule has 0 unspecified atom stereocenters. The number of H-pyrrole nitrogens is 1. The van der Waals surface area contributed by atoms with Gasteiger partial charge in [0.1, 0.15) is 5.56 Å². The lowest BCUT2D eigenvalue weighted by Gasteiger charge is -1.92. The highest BCUT2D eigenvalue weighted by atomic mass is 16.6. The maximum Gasteiger partial charge on any atom is 0.301 e. The number of nitrogens with one attached hydrogen (secondary N) is 1. The third kappa shape index (κ3) is 1.32. The summed E-state index contributed by atoms with van der Waals surface area (Å²) in [7, 11) is 0. The van der Waals surface area contributed by atoms with Gasteiger partial charge in [-0.3, -0.25) is 14.9 Å². The van der Waals surface area contributed by atoms with Gasteiger partial charge in [0.2, 0.25) is 5.56 Å². The highest BCUT2D eigenvalue weighted by Gasteiger charge is 2.11. The second-order valence-corrected chi connectivity index (χ2v) is 2.00. The average Bonchev–Trinajstić information content (AvgIpc) is 2.03. The number of rotatable bonds is 1. The van der Waals surface area contributed by atoms with Crippen molar-refractivity contribution in [1.82, 2.24) is 4.98 Å². The second kappa shape index (κ2) is 2.88. The number of hydrogen-bond acceptors (Lipinski definition) is 3. The van der Waals surface area contributed by atoms with Crippen molar-refractivity contribution in [2.45, 2.75) is 0 Å². The van der Waals surface area contributed by atoms with E-state index in [0.717, 1.165) is 12.3 Å². The topological polar surface area (TPSA) is 76.0 Å². The molecule has 0 aliphatic carbocycles. The molecule has 1 aromatic heterocycles. The Morgan fingerprint density at radius 1 is 1.67 bits per heavy atom. The van der Waals surface area contributed by atoms with Crippen LogP contribution in [-0.2, 0) is 0 Å². The smallest absolute Gasteiger partial charge is 0.301 e. The van der Waals surface area contributed by atoms with E-state index in [-0.39, 0.29) is 11.3 Å². The highest BCUT2D eigenvalue weighted by molar-refractivity contribution is 5.47. The SMILES string of the molecule is C#Cc1cc(=O)[nH]cc1[N+](=O)[O-]. The average molecular weight is 164 g/mol. The predicted octanol–water partition coefficient (Wildman–Crippen LogP) is 0.264. The predicted molar refractivity (Wildman–Crippen MR) is 41.7 cm³/mol. The van der Waals surface area contributed by atoms with Crippen LogP contribution >= 0.6 is 0 Å². The molecule has 5 heteroatoms. The summed E-state index contributed by atoms with van der Waals surface area (Å²) < 4.78 is 0. The van der Waals surface area contributed by atoms with Gasteiger partial charge in [-0.05, 0) is 0 Å². The van der Waals surface area contributed by atoms with E-state index in [2.05, 4.69) is 10.9 Å². The van der Waals surface area contributed by atoms with E-state index in [1.165, 1.54) is 0 Å². The molecular formula is C7H4N2O3. The molecule has 0 radical (unpaired) electrons. The number of pyridine rings is 1. The van der Waals surface area contributed by atoms with Crippen LogP contribution in [0.4, 0.5) is 5.69 Å². The lowest BCUT2D eigenvalue weighted by molar-refractivity contribution is -0.385. The Bertz CT molecular complexity index is 413. The highest BCUT2D eigenvalue weighted by Crippen LogP contribution is 2.12. The van der Waals surface area contributed by atoms with Crippen molar-refractivity contribution >= 4 is 5.69 Å². The van der Waals surface area contributed by atoms with Crippen LogP contribution in [0, 0.1) is 22.5 Å². The third-order valence-electron chi connectivity index (χ3n) is 1.25. The fraction of sp³-hybridized carbons (Fsp3) is 0. The van der Waals surface area contributed by atoms with Crippen molar-refractivity contribution < 1.29 is 4.92 Å². The third-order valence-corrected chi connectivity index (χ3v) is 1.25. The van der Waals surface area contributed by atoms with E-state index in [9.17, 15) is 14.9 Å². The first-order valence-electron chi connectivity index (χ1n) is 2.99. The zero-order valence-electron chi connectivity index (χ0n) is 5.90. The Kier molecular flexibility index (Phi) is 1.92. The summed E-state index contributed by atoms with van der Waals surface area (Å²) in [5, 5.41) is 10.3. The Hall–Kier alpha value is -2.09. The van der Waals surface area contributed by atoms with Gasteiger partial charge in [0.15, 0.2) is 0 Å². The molecule has 0 aliphatic rings. The van der Waals surface area contributed by atoms with Crippen LogP contribution in [0.2, 0.25) is 0 Å². The molecule has 0 fully saturated rings. The van der Waals surface area contributed by atoms with E-state index >= 15 is 0 Å². The first kappa shape index (κ1) is 8.01. The maximum absolute atomic E-state index is 10.7. The normalized spacial score (nSPS) is 8.92. The van der Waals surface area contributed by atoms with Crippen molar-refractivity contribution in [3.8, 4) is 12.3 Å². The van der Waals surface area contributed by atoms with Gasteiger partial charge in [-0.25, -0.2) is 0 Å². The molecule has 1 rings (SSSR count). The minimum absolute atomic E-state index is 0.0104. The Balaban J connectivity index is 3.42. The molecule has 0 aliphatic heterocycles. The fourth-order valence-electron chi connectivity index (χ4n) is 0.731. The zero-order valence-corrected chi connectivity index (χ0v) is 5.90. The molecule has 0 bridgehead atoms. The zero-order chi connectivity index (χ0) is 9.14. The van der Waals surface area contributed by atoms with Crippen LogP contribution in [0.15, 0.2) is 17.1 Å². The molecule has 0 saturated heterocycles. The summed E-state index contributed by atoms with van der Waals surface area (Å²) in [6, 6.07) is 1.01. The van der Waals surface area contributed by atoms with E-state index < -0.39 is 10.5 Å². The van der Waals surface area contributed by atoms with Gasteiger partial charge in [0, 0.05) is 6.07 Å². The molecular weight excluding hydrogens is 160 g/mol. The molecule has 0 aromatic carbocycles. The number of aromatic nitrogens is 1. The molecule has 1 heterocycles. The summed E-state index contributed by atoms with van der Waals surface area (Å²) in [4.78, 5) is 22.4. The number of terminal acetylenes is 1. The van der Waals surface area contributed by atoms with Gasteiger partial charge in [0.05, 0.1) is 11.1 Å². The molecule has 0 saturated carbocycles. The molecule has 1 N–H and O–H groups in total. The lowest BCUT2D eigenvalue weighted by atomic mass is 10.2. The van der Waals surface area contributed by atoms with Crippen LogP contribution in [0.5, 0.6) is 0 Å².